The van der Waals surface area contributed by atoms with Gasteiger partial charge >= 0.3 is 36.2 Å². The molecule has 1 heterocycles. The summed E-state index contributed by atoms with van der Waals surface area (Å²) < 4.78 is 96.4. The van der Waals surface area contributed by atoms with Gasteiger partial charge in [-0.05, 0) is 65.7 Å². The van der Waals surface area contributed by atoms with Crippen LogP contribution in [0.3, 0.4) is 0 Å². The highest BCUT2D eigenvalue weighted by Crippen LogP contribution is 2.63. The van der Waals surface area contributed by atoms with E-state index in [0.717, 1.165) is 12.8 Å². The first kappa shape index (κ1) is 39.6. The maximum Gasteiger partial charge on any atom is 0.434 e. The Labute approximate surface area is 266 Å². The summed E-state index contributed by atoms with van der Waals surface area (Å²) >= 11 is 0. The van der Waals surface area contributed by atoms with E-state index in [9.17, 15) is 45.5 Å². The van der Waals surface area contributed by atoms with Crippen LogP contribution in [0, 0.1) is 34.0 Å². The van der Waals surface area contributed by atoms with Gasteiger partial charge in [0.1, 0.15) is 12.2 Å². The van der Waals surface area contributed by atoms with Crippen molar-refractivity contribution in [3.8, 4) is 0 Å². The molecule has 3 aliphatic rings. The molecular weight excluding hydrogens is 626 g/mol. The van der Waals surface area contributed by atoms with Crippen molar-refractivity contribution >= 4 is 23.9 Å². The zero-order chi connectivity index (χ0) is 35.5. The maximum atomic E-state index is 12.8. The molecule has 14 heteroatoms. The standard InChI is InChI=1S/C18H20F6O6.C14H28O2/c1-4-15(2,3)12(25)28-9-7-5-8-10(9)29-13(26)16(8,6-7)14(27)30-11(17(19,20)21)18(22,23)24;1-6-9-10-12(7-2)11-16-13(15)14(4,5)8-3/h7-11H,4-6H2,1-3H3;12H,6-11H2,1-5H3. The molecule has 0 aromatic heterocycles. The molecule has 8 nitrogen and oxygen atoms in total. The van der Waals surface area contributed by atoms with Gasteiger partial charge in [0.25, 0.3) is 6.10 Å². The second-order valence-corrected chi connectivity index (χ2v) is 13.9. The number of ether oxygens (including phenoxy) is 4. The van der Waals surface area contributed by atoms with Gasteiger partial charge in [-0.25, -0.2) is 0 Å². The zero-order valence-corrected chi connectivity index (χ0v) is 27.9. The third-order valence-electron chi connectivity index (χ3n) is 9.86. The average Bonchev–Trinajstić information content (AvgIpc) is 3.57. The summed E-state index contributed by atoms with van der Waals surface area (Å²) in [5, 5.41) is 0. The molecule has 1 saturated heterocycles. The van der Waals surface area contributed by atoms with E-state index in [4.69, 9.17) is 14.2 Å². The number of carbonyl (C=O) groups is 4. The molecule has 0 spiro atoms. The van der Waals surface area contributed by atoms with Crippen LogP contribution in [0.4, 0.5) is 26.3 Å². The average molecular weight is 675 g/mol. The Morgan fingerprint density at radius 3 is 1.93 bits per heavy atom. The molecule has 3 fully saturated rings. The van der Waals surface area contributed by atoms with Crippen LogP contribution in [0.1, 0.15) is 107 Å². The van der Waals surface area contributed by atoms with Crippen LogP contribution < -0.4 is 0 Å². The van der Waals surface area contributed by atoms with Crippen molar-refractivity contribution in [1.82, 2.24) is 0 Å². The summed E-state index contributed by atoms with van der Waals surface area (Å²) in [4.78, 5) is 49.0. The van der Waals surface area contributed by atoms with E-state index < -0.39 is 77.7 Å². The minimum atomic E-state index is -5.89. The van der Waals surface area contributed by atoms with Gasteiger partial charge in [-0.1, -0.05) is 47.0 Å². The van der Waals surface area contributed by atoms with Gasteiger partial charge in [-0.2, -0.15) is 26.3 Å². The van der Waals surface area contributed by atoms with Gasteiger partial charge in [0.05, 0.1) is 17.4 Å². The molecule has 2 aliphatic carbocycles. The summed E-state index contributed by atoms with van der Waals surface area (Å²) in [7, 11) is 0. The molecular formula is C32H48F6O8. The first-order chi connectivity index (χ1) is 21.0. The van der Waals surface area contributed by atoms with Crippen molar-refractivity contribution in [1.29, 1.82) is 0 Å². The lowest BCUT2D eigenvalue weighted by Crippen LogP contribution is -2.51. The van der Waals surface area contributed by atoms with Crippen LogP contribution in [0.2, 0.25) is 0 Å². The predicted molar refractivity (Wildman–Crippen MR) is 153 cm³/mol. The molecule has 2 bridgehead atoms. The van der Waals surface area contributed by atoms with Crippen molar-refractivity contribution in [3.05, 3.63) is 0 Å². The van der Waals surface area contributed by atoms with Crippen molar-refractivity contribution in [3.63, 3.8) is 0 Å². The number of fused-ring (bicyclic) bond motifs is 1. The quantitative estimate of drug-likeness (QED) is 0.0856. The van der Waals surface area contributed by atoms with Gasteiger partial charge in [0.15, 0.2) is 5.41 Å². The lowest BCUT2D eigenvalue weighted by Gasteiger charge is -2.33. The Hall–Kier alpha value is -2.54. The van der Waals surface area contributed by atoms with Crippen LogP contribution in [-0.2, 0) is 38.1 Å². The fourth-order valence-corrected chi connectivity index (χ4v) is 5.82. The SMILES string of the molecule is CCC(C)(C)C(=O)OC1C2CC3C1OC(=O)C3(C(=O)OC(C(F)(F)F)C(F)(F)F)C2.CCCCC(CC)COC(=O)C(C)(C)CC. The third-order valence-corrected chi connectivity index (χ3v) is 9.86. The Kier molecular flexibility index (Phi) is 12.7. The fourth-order valence-electron chi connectivity index (χ4n) is 5.82. The second kappa shape index (κ2) is 14.7. The summed E-state index contributed by atoms with van der Waals surface area (Å²) in [6.45, 7) is 15.9. The first-order valence-electron chi connectivity index (χ1n) is 16.0. The minimum absolute atomic E-state index is 0.0510. The monoisotopic (exact) mass is 674 g/mol. The van der Waals surface area contributed by atoms with Gasteiger partial charge < -0.3 is 18.9 Å². The highest BCUT2D eigenvalue weighted by atomic mass is 19.4. The van der Waals surface area contributed by atoms with E-state index in [2.05, 4.69) is 18.6 Å². The minimum Gasteiger partial charge on any atom is -0.465 e. The number of esters is 4. The summed E-state index contributed by atoms with van der Waals surface area (Å²) in [6, 6.07) is 0. The second-order valence-electron chi connectivity index (χ2n) is 13.9. The molecule has 6 atom stereocenters. The molecule has 1 aliphatic heterocycles. The van der Waals surface area contributed by atoms with Crippen LogP contribution >= 0.6 is 0 Å². The molecule has 3 rings (SSSR count). The van der Waals surface area contributed by atoms with E-state index in [1.807, 2.05) is 20.8 Å². The van der Waals surface area contributed by atoms with E-state index in [1.54, 1.807) is 20.8 Å². The molecule has 0 aromatic carbocycles. The summed E-state index contributed by atoms with van der Waals surface area (Å²) in [5.41, 5.74) is -3.43. The number of carbonyl (C=O) groups excluding carboxylic acids is 4. The van der Waals surface area contributed by atoms with E-state index in [1.165, 1.54) is 19.3 Å². The van der Waals surface area contributed by atoms with Crippen LogP contribution in [0.15, 0.2) is 0 Å². The van der Waals surface area contributed by atoms with Crippen molar-refractivity contribution < 1.29 is 64.5 Å². The summed E-state index contributed by atoms with van der Waals surface area (Å²) in [6.07, 6.45) is -12.5. The van der Waals surface area contributed by atoms with Gasteiger partial charge in [-0.3, -0.25) is 19.2 Å². The molecule has 6 unspecified atom stereocenters. The molecule has 0 amide bonds. The zero-order valence-electron chi connectivity index (χ0n) is 27.9. The molecule has 0 radical (unpaired) electrons. The number of alkyl halides is 6. The van der Waals surface area contributed by atoms with Crippen LogP contribution in [-0.4, -0.2) is 61.1 Å². The van der Waals surface area contributed by atoms with Crippen molar-refractivity contribution in [2.45, 2.75) is 137 Å². The lowest BCUT2D eigenvalue weighted by molar-refractivity contribution is -0.315. The molecule has 2 saturated carbocycles. The molecule has 0 aromatic rings. The number of hydrogen-bond acceptors (Lipinski definition) is 8. The van der Waals surface area contributed by atoms with E-state index >= 15 is 0 Å². The Morgan fingerprint density at radius 1 is 0.913 bits per heavy atom. The van der Waals surface area contributed by atoms with Gasteiger partial charge in [0, 0.05) is 11.8 Å². The number of halogens is 6. The molecule has 0 N–H and O–H groups in total. The molecule has 46 heavy (non-hydrogen) atoms. The highest BCUT2D eigenvalue weighted by Gasteiger charge is 2.76. The third kappa shape index (κ3) is 8.48. The Balaban J connectivity index is 0.000000392. The first-order valence-corrected chi connectivity index (χ1v) is 16.0. The highest BCUT2D eigenvalue weighted by molar-refractivity contribution is 6.03. The van der Waals surface area contributed by atoms with E-state index in [0.29, 0.717) is 18.9 Å². The fraction of sp³-hybridized carbons (Fsp3) is 0.875. The van der Waals surface area contributed by atoms with Crippen molar-refractivity contribution in [2.24, 2.45) is 34.0 Å². The normalized spacial score (nSPS) is 26.3. The lowest BCUT2D eigenvalue weighted by atomic mass is 9.73. The number of rotatable bonds is 13. The van der Waals surface area contributed by atoms with Gasteiger partial charge in [-0.15, -0.1) is 0 Å². The predicted octanol–water partition coefficient (Wildman–Crippen LogP) is 7.50. The summed E-state index contributed by atoms with van der Waals surface area (Å²) in [5.74, 6) is -4.89. The van der Waals surface area contributed by atoms with E-state index in [-0.39, 0.29) is 17.8 Å². The van der Waals surface area contributed by atoms with Crippen molar-refractivity contribution in [2.75, 3.05) is 6.61 Å². The smallest absolute Gasteiger partial charge is 0.434 e. The Bertz CT molecular complexity index is 1090. The number of unbranched alkanes of at least 4 members (excludes halogenated alkanes) is 1. The number of hydrogen-bond donors (Lipinski definition) is 0. The van der Waals surface area contributed by atoms with Crippen LogP contribution in [0.5, 0.6) is 0 Å². The van der Waals surface area contributed by atoms with Crippen LogP contribution in [0.25, 0.3) is 0 Å². The largest absolute Gasteiger partial charge is 0.465 e. The maximum absolute atomic E-state index is 12.8. The van der Waals surface area contributed by atoms with Gasteiger partial charge in [0.2, 0.25) is 0 Å². The topological polar surface area (TPSA) is 105 Å². The molecule has 266 valence electrons. The Morgan fingerprint density at radius 2 is 1.46 bits per heavy atom.